The van der Waals surface area contributed by atoms with Gasteiger partial charge in [-0.05, 0) is 42.3 Å². The predicted molar refractivity (Wildman–Crippen MR) is 143 cm³/mol. The van der Waals surface area contributed by atoms with Crippen LogP contribution in [0.4, 0.5) is 11.6 Å². The summed E-state index contributed by atoms with van der Waals surface area (Å²) in [6.45, 7) is 3.01. The zero-order valence-electron chi connectivity index (χ0n) is 21.0. The van der Waals surface area contributed by atoms with Crippen molar-refractivity contribution in [1.29, 1.82) is 0 Å². The molecule has 3 aromatic rings. The van der Waals surface area contributed by atoms with Crippen LogP contribution in [0.15, 0.2) is 47.4 Å². The number of piperazine rings is 1. The van der Waals surface area contributed by atoms with Crippen LogP contribution in [0.3, 0.4) is 0 Å². The molecular formula is C26H30ClN5O5. The van der Waals surface area contributed by atoms with E-state index in [0.29, 0.717) is 61.6 Å². The largest absolute Gasteiger partial charge is 0.495 e. The molecule has 2 heterocycles. The molecule has 2 N–H and O–H groups in total. The van der Waals surface area contributed by atoms with Crippen molar-refractivity contribution in [1.82, 2.24) is 15.3 Å². The molecule has 0 aliphatic carbocycles. The molecule has 1 fully saturated rings. The maximum atomic E-state index is 12.7. The Kier molecular flexibility index (Phi) is 8.39. The molecule has 1 aliphatic heterocycles. The van der Waals surface area contributed by atoms with E-state index in [-0.39, 0.29) is 5.56 Å². The number of aromatic amines is 1. The van der Waals surface area contributed by atoms with Gasteiger partial charge in [-0.2, -0.15) is 0 Å². The monoisotopic (exact) mass is 527 g/mol. The second-order valence-electron chi connectivity index (χ2n) is 8.44. The molecule has 4 rings (SSSR count). The van der Waals surface area contributed by atoms with Crippen LogP contribution >= 0.6 is 11.6 Å². The van der Waals surface area contributed by atoms with Gasteiger partial charge in [0.25, 0.3) is 11.5 Å². The normalized spacial score (nSPS) is 13.3. The van der Waals surface area contributed by atoms with Gasteiger partial charge in [0.1, 0.15) is 11.3 Å². The molecule has 0 unspecified atom stereocenters. The molecule has 10 nitrogen and oxygen atoms in total. The molecule has 0 radical (unpaired) electrons. The van der Waals surface area contributed by atoms with Gasteiger partial charge in [-0.15, -0.1) is 0 Å². The number of methoxy groups -OCH3 is 3. The molecule has 0 saturated carbocycles. The van der Waals surface area contributed by atoms with Crippen molar-refractivity contribution in [3.05, 3.63) is 69.1 Å². The Morgan fingerprint density at radius 1 is 0.973 bits per heavy atom. The first kappa shape index (κ1) is 26.2. The van der Waals surface area contributed by atoms with Crippen LogP contribution in [-0.4, -0.2) is 69.9 Å². The first-order valence-electron chi connectivity index (χ1n) is 11.9. The van der Waals surface area contributed by atoms with Gasteiger partial charge in [0.15, 0.2) is 11.5 Å². The van der Waals surface area contributed by atoms with Gasteiger partial charge in [-0.3, -0.25) is 14.6 Å². The summed E-state index contributed by atoms with van der Waals surface area (Å²) >= 11 is 6.18. The number of amides is 1. The number of benzene rings is 2. The van der Waals surface area contributed by atoms with Crippen molar-refractivity contribution in [3.8, 4) is 17.2 Å². The molecule has 0 bridgehead atoms. The number of carbonyl (C=O) groups is 1. The molecule has 11 heteroatoms. The molecule has 1 aliphatic rings. The van der Waals surface area contributed by atoms with Crippen molar-refractivity contribution in [2.75, 3.05) is 63.9 Å². The number of carbonyl (C=O) groups excluding carboxylic acids is 1. The molecule has 1 saturated heterocycles. The Bertz CT molecular complexity index is 1310. The molecular weight excluding hydrogens is 498 g/mol. The van der Waals surface area contributed by atoms with Crippen molar-refractivity contribution in [3.63, 3.8) is 0 Å². The second kappa shape index (κ2) is 11.9. The SMILES string of the molecule is COc1ccc(CCNC(=O)c2cnc(N3CCN(c4cc(Cl)ccc4OC)CC3)[nH]c2=O)cc1OC. The van der Waals surface area contributed by atoms with Crippen LogP contribution in [-0.2, 0) is 6.42 Å². The number of aromatic nitrogens is 2. The minimum absolute atomic E-state index is 0.0293. The van der Waals surface area contributed by atoms with E-state index >= 15 is 0 Å². The van der Waals surface area contributed by atoms with Gasteiger partial charge in [-0.1, -0.05) is 17.7 Å². The highest BCUT2D eigenvalue weighted by atomic mass is 35.5. The lowest BCUT2D eigenvalue weighted by Gasteiger charge is -2.36. The number of nitrogens with one attached hydrogen (secondary N) is 2. The van der Waals surface area contributed by atoms with Crippen molar-refractivity contribution in [2.24, 2.45) is 0 Å². The van der Waals surface area contributed by atoms with Crippen molar-refractivity contribution >= 4 is 29.1 Å². The van der Waals surface area contributed by atoms with Gasteiger partial charge < -0.3 is 29.3 Å². The number of rotatable bonds is 9. The van der Waals surface area contributed by atoms with Crippen molar-refractivity contribution in [2.45, 2.75) is 6.42 Å². The highest BCUT2D eigenvalue weighted by Crippen LogP contribution is 2.32. The van der Waals surface area contributed by atoms with E-state index in [9.17, 15) is 9.59 Å². The molecule has 196 valence electrons. The molecule has 0 spiro atoms. The van der Waals surface area contributed by atoms with Crippen LogP contribution in [0.1, 0.15) is 15.9 Å². The van der Waals surface area contributed by atoms with E-state index in [1.54, 1.807) is 27.4 Å². The van der Waals surface area contributed by atoms with Crippen LogP contribution in [0, 0.1) is 0 Å². The van der Waals surface area contributed by atoms with Gasteiger partial charge in [0, 0.05) is 43.9 Å². The first-order valence-corrected chi connectivity index (χ1v) is 12.2. The van der Waals surface area contributed by atoms with Crippen LogP contribution < -0.4 is 34.9 Å². The fourth-order valence-corrected chi connectivity index (χ4v) is 4.40. The summed E-state index contributed by atoms with van der Waals surface area (Å²) in [5.41, 5.74) is 1.39. The molecule has 37 heavy (non-hydrogen) atoms. The van der Waals surface area contributed by atoms with Crippen LogP contribution in [0.25, 0.3) is 0 Å². The number of halogens is 1. The van der Waals surface area contributed by atoms with E-state index in [1.165, 1.54) is 6.20 Å². The highest BCUT2D eigenvalue weighted by molar-refractivity contribution is 6.30. The van der Waals surface area contributed by atoms with E-state index in [4.69, 9.17) is 25.8 Å². The predicted octanol–water partition coefficient (Wildman–Crippen LogP) is 2.75. The van der Waals surface area contributed by atoms with E-state index in [2.05, 4.69) is 20.2 Å². The Morgan fingerprint density at radius 3 is 2.32 bits per heavy atom. The minimum atomic E-state index is -0.479. The van der Waals surface area contributed by atoms with E-state index in [0.717, 1.165) is 17.0 Å². The van der Waals surface area contributed by atoms with Gasteiger partial charge >= 0.3 is 0 Å². The third kappa shape index (κ3) is 6.08. The Balaban J connectivity index is 1.33. The number of hydrogen-bond donors (Lipinski definition) is 2. The lowest BCUT2D eigenvalue weighted by Crippen LogP contribution is -2.47. The number of anilines is 2. The fraction of sp³-hybridized carbons (Fsp3) is 0.346. The highest BCUT2D eigenvalue weighted by Gasteiger charge is 2.22. The lowest BCUT2D eigenvalue weighted by molar-refractivity contribution is 0.0952. The lowest BCUT2D eigenvalue weighted by atomic mass is 10.1. The third-order valence-corrected chi connectivity index (χ3v) is 6.47. The zero-order valence-corrected chi connectivity index (χ0v) is 21.8. The Labute approximate surface area is 220 Å². The molecule has 0 atom stereocenters. The summed E-state index contributed by atoms with van der Waals surface area (Å²) < 4.78 is 16.0. The summed E-state index contributed by atoms with van der Waals surface area (Å²) in [4.78, 5) is 36.5. The smallest absolute Gasteiger partial charge is 0.265 e. The number of hydrogen-bond acceptors (Lipinski definition) is 8. The summed E-state index contributed by atoms with van der Waals surface area (Å²) in [7, 11) is 4.78. The first-order chi connectivity index (χ1) is 17.9. The summed E-state index contributed by atoms with van der Waals surface area (Å²) in [6, 6.07) is 11.1. The summed E-state index contributed by atoms with van der Waals surface area (Å²) in [6.07, 6.45) is 1.89. The maximum absolute atomic E-state index is 12.7. The van der Waals surface area contributed by atoms with E-state index in [1.807, 2.05) is 35.2 Å². The standard InChI is InChI=1S/C26H30ClN5O5/c1-35-21-7-5-18(27)15-20(21)31-10-12-32(13-11-31)26-29-16-19(25(34)30-26)24(33)28-9-8-17-4-6-22(36-2)23(14-17)37-3/h4-7,14-16H,8-13H2,1-3H3,(H,28,33)(H,29,30,34). The Morgan fingerprint density at radius 2 is 1.65 bits per heavy atom. The van der Waals surface area contributed by atoms with Crippen LogP contribution in [0.2, 0.25) is 5.02 Å². The molecule has 1 aromatic heterocycles. The van der Waals surface area contributed by atoms with Gasteiger partial charge in [0.2, 0.25) is 5.95 Å². The Hall–Kier alpha value is -3.92. The third-order valence-electron chi connectivity index (χ3n) is 6.24. The quantitative estimate of drug-likeness (QED) is 0.437. The van der Waals surface area contributed by atoms with Crippen molar-refractivity contribution < 1.29 is 19.0 Å². The second-order valence-corrected chi connectivity index (χ2v) is 8.87. The fourth-order valence-electron chi connectivity index (χ4n) is 4.23. The van der Waals surface area contributed by atoms with Gasteiger partial charge in [0.05, 0.1) is 27.0 Å². The van der Waals surface area contributed by atoms with Gasteiger partial charge in [-0.25, -0.2) is 4.98 Å². The number of H-pyrrole nitrogens is 1. The number of nitrogens with zero attached hydrogens (tertiary/aromatic N) is 3. The number of ether oxygens (including phenoxy) is 3. The van der Waals surface area contributed by atoms with E-state index < -0.39 is 11.5 Å². The average Bonchev–Trinajstić information content (AvgIpc) is 2.92. The summed E-state index contributed by atoms with van der Waals surface area (Å²) in [5.74, 6) is 1.97. The topological polar surface area (TPSA) is 109 Å². The minimum Gasteiger partial charge on any atom is -0.495 e. The van der Waals surface area contributed by atoms with Crippen LogP contribution in [0.5, 0.6) is 17.2 Å². The zero-order chi connectivity index (χ0) is 26.4. The maximum Gasteiger partial charge on any atom is 0.265 e. The summed E-state index contributed by atoms with van der Waals surface area (Å²) in [5, 5.41) is 3.42. The molecule has 2 aromatic carbocycles. The average molecular weight is 528 g/mol. The molecule has 1 amide bonds.